The van der Waals surface area contributed by atoms with Crippen LogP contribution in [-0.4, -0.2) is 25.3 Å². The molecule has 29 heavy (non-hydrogen) atoms. The molecule has 0 atom stereocenters. The van der Waals surface area contributed by atoms with Gasteiger partial charge in [0.25, 0.3) is 6.43 Å². The van der Waals surface area contributed by atoms with E-state index in [2.05, 4.69) is 25.5 Å². The number of benzene rings is 1. The van der Waals surface area contributed by atoms with Crippen LogP contribution in [0.25, 0.3) is 20.4 Å². The number of nitrogens with zero attached hydrogens (tertiary/aromatic N) is 4. The van der Waals surface area contributed by atoms with E-state index in [4.69, 9.17) is 2.74 Å². The van der Waals surface area contributed by atoms with Crippen LogP contribution in [0.4, 0.5) is 14.6 Å². The minimum Gasteiger partial charge on any atom is -0.386 e. The summed E-state index contributed by atoms with van der Waals surface area (Å²) in [7, 11) is 0. The quantitative estimate of drug-likeness (QED) is 0.489. The van der Waals surface area contributed by atoms with Gasteiger partial charge in [0.2, 0.25) is 0 Å². The molecule has 0 amide bonds. The molecular formula is C20H19F2N5OS. The van der Waals surface area contributed by atoms with Gasteiger partial charge in [-0.15, -0.1) is 21.5 Å². The number of halogens is 2. The molecule has 0 saturated carbocycles. The standard InChI is InChI=1S/C20H19F2N5OS/c1-10-13-15-16(29-19(13)27-26-14(10)17(21)22)18(25-9-24-15)23-8-11-4-6-12(7-5-11)20(2,3)28/h4-7,9,17,28H,8H2,1-3H3,(H,23,24,25)/i8D2. The molecule has 0 fully saturated rings. The van der Waals surface area contributed by atoms with E-state index < -0.39 is 24.2 Å². The molecule has 0 aliphatic heterocycles. The van der Waals surface area contributed by atoms with Gasteiger partial charge in [0.05, 0.1) is 18.6 Å². The lowest BCUT2D eigenvalue weighted by molar-refractivity contribution is 0.0786. The number of rotatable bonds is 5. The minimum atomic E-state index is -2.76. The Labute approximate surface area is 172 Å². The van der Waals surface area contributed by atoms with E-state index in [1.807, 2.05) is 0 Å². The predicted octanol–water partition coefficient (Wildman–Crippen LogP) is 4.72. The first-order valence-corrected chi connectivity index (χ1v) is 9.61. The fourth-order valence-electron chi connectivity index (χ4n) is 3.00. The molecule has 0 unspecified atom stereocenters. The average molecular weight is 417 g/mol. The monoisotopic (exact) mass is 417 g/mol. The van der Waals surface area contributed by atoms with Crippen LogP contribution in [0.15, 0.2) is 30.6 Å². The molecule has 2 N–H and O–H groups in total. The zero-order valence-electron chi connectivity index (χ0n) is 17.9. The van der Waals surface area contributed by atoms with E-state index in [0.29, 0.717) is 37.1 Å². The summed E-state index contributed by atoms with van der Waals surface area (Å²) in [5.74, 6) is 0.225. The second kappa shape index (κ2) is 7.23. The predicted molar refractivity (Wildman–Crippen MR) is 109 cm³/mol. The van der Waals surface area contributed by atoms with E-state index in [9.17, 15) is 13.9 Å². The van der Waals surface area contributed by atoms with Gasteiger partial charge in [0, 0.05) is 11.9 Å². The molecule has 1 aromatic carbocycles. The minimum absolute atomic E-state index is 0.225. The topological polar surface area (TPSA) is 83.8 Å². The molecule has 4 aromatic rings. The van der Waals surface area contributed by atoms with Crippen LogP contribution >= 0.6 is 11.3 Å². The zero-order valence-corrected chi connectivity index (χ0v) is 16.7. The van der Waals surface area contributed by atoms with Gasteiger partial charge in [-0.2, -0.15) is 0 Å². The molecule has 0 spiro atoms. The van der Waals surface area contributed by atoms with Crippen molar-refractivity contribution in [1.82, 2.24) is 20.2 Å². The summed E-state index contributed by atoms with van der Waals surface area (Å²) in [5, 5.41) is 20.9. The van der Waals surface area contributed by atoms with Crippen LogP contribution in [0.1, 0.15) is 45.4 Å². The van der Waals surface area contributed by atoms with E-state index in [0.717, 1.165) is 11.3 Å². The third kappa shape index (κ3) is 3.63. The normalized spacial score (nSPS) is 13.8. The largest absolute Gasteiger partial charge is 0.386 e. The fraction of sp³-hybridized carbons (Fsp3) is 0.300. The summed E-state index contributed by atoms with van der Waals surface area (Å²) in [6.07, 6.45) is -1.50. The summed E-state index contributed by atoms with van der Waals surface area (Å²) < 4.78 is 44.0. The number of aryl methyl sites for hydroxylation is 1. The number of hydrogen-bond acceptors (Lipinski definition) is 7. The molecule has 150 valence electrons. The van der Waals surface area contributed by atoms with Crippen LogP contribution in [0.2, 0.25) is 0 Å². The molecule has 9 heteroatoms. The van der Waals surface area contributed by atoms with Crippen molar-refractivity contribution >= 4 is 37.6 Å². The third-order valence-electron chi connectivity index (χ3n) is 4.58. The van der Waals surface area contributed by atoms with Gasteiger partial charge in [0.15, 0.2) is 0 Å². The van der Waals surface area contributed by atoms with Gasteiger partial charge in [-0.05, 0) is 37.5 Å². The number of fused-ring (bicyclic) bond motifs is 3. The molecular weight excluding hydrogens is 396 g/mol. The lowest BCUT2D eigenvalue weighted by Gasteiger charge is -2.18. The first kappa shape index (κ1) is 17.1. The number of hydrogen-bond donors (Lipinski definition) is 2. The van der Waals surface area contributed by atoms with Crippen molar-refractivity contribution in [3.8, 4) is 0 Å². The third-order valence-corrected chi connectivity index (χ3v) is 5.65. The van der Waals surface area contributed by atoms with Gasteiger partial charge in [-0.25, -0.2) is 18.7 Å². The highest BCUT2D eigenvalue weighted by Gasteiger charge is 2.21. The van der Waals surface area contributed by atoms with Crippen molar-refractivity contribution in [1.29, 1.82) is 0 Å². The van der Waals surface area contributed by atoms with Crippen LogP contribution in [0.5, 0.6) is 0 Å². The summed E-state index contributed by atoms with van der Waals surface area (Å²) >= 11 is 1.16. The molecule has 0 bridgehead atoms. The first-order valence-electron chi connectivity index (χ1n) is 9.79. The maximum atomic E-state index is 13.2. The number of anilines is 1. The Balaban J connectivity index is 1.77. The lowest BCUT2D eigenvalue weighted by atomic mass is 9.97. The molecule has 4 rings (SSSR count). The highest BCUT2D eigenvalue weighted by atomic mass is 32.1. The molecule has 3 heterocycles. The smallest absolute Gasteiger partial charge is 0.282 e. The maximum absolute atomic E-state index is 13.2. The number of thiophene rings is 1. The summed E-state index contributed by atoms with van der Waals surface area (Å²) in [6, 6.07) is 6.51. The van der Waals surface area contributed by atoms with Crippen LogP contribution in [-0.2, 0) is 12.1 Å². The number of alkyl halides is 2. The summed E-state index contributed by atoms with van der Waals surface area (Å²) in [6.45, 7) is 2.85. The summed E-state index contributed by atoms with van der Waals surface area (Å²) in [5.41, 5.74) is 0.266. The molecule has 3 aromatic heterocycles. The Kier molecular flexibility index (Phi) is 4.27. The van der Waals surface area contributed by atoms with Crippen LogP contribution in [0, 0.1) is 6.92 Å². The van der Waals surface area contributed by atoms with Crippen molar-refractivity contribution in [2.24, 2.45) is 0 Å². The number of nitrogens with one attached hydrogen (secondary N) is 1. The Morgan fingerprint density at radius 1 is 1.21 bits per heavy atom. The molecule has 6 nitrogen and oxygen atoms in total. The Morgan fingerprint density at radius 3 is 2.59 bits per heavy atom. The van der Waals surface area contributed by atoms with Crippen molar-refractivity contribution in [3.05, 3.63) is 53.0 Å². The average Bonchev–Trinajstić information content (AvgIpc) is 3.08. The van der Waals surface area contributed by atoms with Gasteiger partial charge in [-0.3, -0.25) is 0 Å². The van der Waals surface area contributed by atoms with E-state index in [1.54, 1.807) is 45.0 Å². The Hall–Kier alpha value is -2.78. The number of aliphatic hydroxyl groups is 1. The maximum Gasteiger partial charge on any atom is 0.282 e. The SMILES string of the molecule is [2H]C([2H])(Nc1ncnc2c1sc1nnc(C(F)F)c(C)c12)c1ccc(C(C)(C)O)cc1. The van der Waals surface area contributed by atoms with E-state index in [1.165, 1.54) is 6.33 Å². The Bertz CT molecular complexity index is 1270. The lowest BCUT2D eigenvalue weighted by Crippen LogP contribution is -2.15. The molecule has 0 aliphatic carbocycles. The number of aromatic nitrogens is 4. The highest BCUT2D eigenvalue weighted by molar-refractivity contribution is 7.25. The van der Waals surface area contributed by atoms with Crippen molar-refractivity contribution in [3.63, 3.8) is 0 Å². The van der Waals surface area contributed by atoms with Gasteiger partial charge in [-0.1, -0.05) is 24.3 Å². The van der Waals surface area contributed by atoms with Crippen molar-refractivity contribution in [2.75, 3.05) is 5.32 Å². The first-order chi connectivity index (χ1) is 14.5. The van der Waals surface area contributed by atoms with Crippen molar-refractivity contribution in [2.45, 2.75) is 39.3 Å². The van der Waals surface area contributed by atoms with Crippen LogP contribution in [0.3, 0.4) is 0 Å². The second-order valence-corrected chi connectivity index (χ2v) is 8.08. The second-order valence-electron chi connectivity index (χ2n) is 7.08. The Morgan fingerprint density at radius 2 is 1.93 bits per heavy atom. The highest BCUT2D eigenvalue weighted by Crippen LogP contribution is 2.38. The van der Waals surface area contributed by atoms with Gasteiger partial charge in [0.1, 0.15) is 22.7 Å². The molecule has 0 radical (unpaired) electrons. The molecule has 0 aliphatic rings. The molecule has 0 saturated heterocycles. The van der Waals surface area contributed by atoms with Crippen LogP contribution < -0.4 is 5.32 Å². The fourth-order valence-corrected chi connectivity index (χ4v) is 4.08. The zero-order chi connectivity index (χ0) is 22.6. The van der Waals surface area contributed by atoms with Gasteiger partial charge >= 0.3 is 0 Å². The van der Waals surface area contributed by atoms with Gasteiger partial charge < -0.3 is 10.4 Å². The summed E-state index contributed by atoms with van der Waals surface area (Å²) in [4.78, 5) is 8.82. The van der Waals surface area contributed by atoms with Crippen molar-refractivity contribution < 1.29 is 16.6 Å². The van der Waals surface area contributed by atoms with E-state index >= 15 is 0 Å². The van der Waals surface area contributed by atoms with E-state index in [-0.39, 0.29) is 5.82 Å².